The molecule has 1 saturated heterocycles. The van der Waals surface area contributed by atoms with E-state index in [0.717, 1.165) is 24.0 Å². The molecule has 1 N–H and O–H groups in total. The highest BCUT2D eigenvalue weighted by molar-refractivity contribution is 6.30. The molecule has 144 valence electrons. The zero-order valence-electron chi connectivity index (χ0n) is 15.7. The van der Waals surface area contributed by atoms with Crippen molar-refractivity contribution < 1.29 is 9.69 Å². The lowest BCUT2D eigenvalue weighted by atomic mass is 10.1. The SMILES string of the molecule is C[NH+]1CCN(C(=O)c2cc3cccnc3n(Cc3ccc(Cl)cc3)c2=O)CC1. The molecule has 0 aliphatic carbocycles. The van der Waals surface area contributed by atoms with Gasteiger partial charge in [-0.15, -0.1) is 0 Å². The van der Waals surface area contributed by atoms with Crippen LogP contribution < -0.4 is 10.5 Å². The normalized spacial score (nSPS) is 15.1. The number of halogens is 1. The Hall–Kier alpha value is -2.70. The Morgan fingerprint density at radius 1 is 1.18 bits per heavy atom. The number of likely N-dealkylation sites (N-methyl/N-ethyl adjacent to an activating group) is 1. The Bertz CT molecular complexity index is 1070. The van der Waals surface area contributed by atoms with Crippen LogP contribution in [0.15, 0.2) is 53.5 Å². The van der Waals surface area contributed by atoms with Crippen LogP contribution in [0, 0.1) is 0 Å². The third kappa shape index (κ3) is 3.66. The summed E-state index contributed by atoms with van der Waals surface area (Å²) >= 11 is 5.97. The van der Waals surface area contributed by atoms with Gasteiger partial charge in [0.15, 0.2) is 0 Å². The summed E-state index contributed by atoms with van der Waals surface area (Å²) in [7, 11) is 2.11. The number of aromatic nitrogens is 2. The first-order valence-electron chi connectivity index (χ1n) is 9.36. The van der Waals surface area contributed by atoms with Crippen LogP contribution in [0.25, 0.3) is 11.0 Å². The first-order chi connectivity index (χ1) is 13.5. The number of pyridine rings is 2. The van der Waals surface area contributed by atoms with Crippen LogP contribution in [-0.2, 0) is 6.54 Å². The second-order valence-corrected chi connectivity index (χ2v) is 7.68. The van der Waals surface area contributed by atoms with Crippen molar-refractivity contribution in [1.29, 1.82) is 0 Å². The van der Waals surface area contributed by atoms with E-state index in [9.17, 15) is 9.59 Å². The van der Waals surface area contributed by atoms with E-state index in [4.69, 9.17) is 11.6 Å². The van der Waals surface area contributed by atoms with Gasteiger partial charge in [-0.3, -0.25) is 14.2 Å². The van der Waals surface area contributed by atoms with Crippen LogP contribution in [0.1, 0.15) is 15.9 Å². The smallest absolute Gasteiger partial charge is 0.265 e. The zero-order chi connectivity index (χ0) is 19.7. The minimum atomic E-state index is -0.308. The molecule has 3 heterocycles. The topological polar surface area (TPSA) is 59.6 Å². The van der Waals surface area contributed by atoms with Crippen LogP contribution in [0.4, 0.5) is 0 Å². The molecule has 0 unspecified atom stereocenters. The summed E-state index contributed by atoms with van der Waals surface area (Å²) in [5.41, 5.74) is 1.39. The summed E-state index contributed by atoms with van der Waals surface area (Å²) in [5.74, 6) is -0.201. The number of nitrogens with one attached hydrogen (secondary N) is 1. The quantitative estimate of drug-likeness (QED) is 0.719. The Morgan fingerprint density at radius 2 is 1.89 bits per heavy atom. The van der Waals surface area contributed by atoms with Gasteiger partial charge in [0, 0.05) is 16.6 Å². The van der Waals surface area contributed by atoms with Crippen molar-refractivity contribution in [3.63, 3.8) is 0 Å². The second kappa shape index (κ2) is 7.73. The Labute approximate surface area is 168 Å². The maximum Gasteiger partial charge on any atom is 0.265 e. The Balaban J connectivity index is 1.77. The first kappa shape index (κ1) is 18.7. The van der Waals surface area contributed by atoms with Crippen molar-refractivity contribution in [3.8, 4) is 0 Å². The molecule has 3 aromatic rings. The van der Waals surface area contributed by atoms with Gasteiger partial charge in [-0.2, -0.15) is 0 Å². The lowest BCUT2D eigenvalue weighted by Crippen LogP contribution is -3.12. The molecule has 1 aliphatic heterocycles. The number of piperazine rings is 1. The average Bonchev–Trinajstić information content (AvgIpc) is 2.71. The Kier molecular flexibility index (Phi) is 5.15. The molecule has 2 aromatic heterocycles. The molecule has 0 spiro atoms. The molecule has 1 aliphatic rings. The van der Waals surface area contributed by atoms with Gasteiger partial charge in [0.1, 0.15) is 11.2 Å². The largest absolute Gasteiger partial charge is 0.334 e. The fourth-order valence-corrected chi connectivity index (χ4v) is 3.67. The molecule has 1 aromatic carbocycles. The summed E-state index contributed by atoms with van der Waals surface area (Å²) in [6.45, 7) is 3.43. The van der Waals surface area contributed by atoms with E-state index in [1.54, 1.807) is 33.9 Å². The number of amides is 1. The molecule has 1 amide bonds. The van der Waals surface area contributed by atoms with E-state index in [1.165, 1.54) is 4.90 Å². The van der Waals surface area contributed by atoms with Crippen LogP contribution in [0.3, 0.4) is 0 Å². The van der Waals surface area contributed by atoms with Crippen LogP contribution in [-0.4, -0.2) is 53.6 Å². The third-order valence-electron chi connectivity index (χ3n) is 5.24. The molecular formula is C21H22ClN4O2+. The van der Waals surface area contributed by atoms with E-state index in [1.807, 2.05) is 24.3 Å². The number of quaternary nitrogens is 1. The fourth-order valence-electron chi connectivity index (χ4n) is 3.54. The second-order valence-electron chi connectivity index (χ2n) is 7.24. The lowest BCUT2D eigenvalue weighted by Gasteiger charge is -2.30. The predicted octanol–water partition coefficient (Wildman–Crippen LogP) is 1.07. The van der Waals surface area contributed by atoms with Crippen molar-refractivity contribution in [3.05, 3.63) is 75.2 Å². The predicted molar refractivity (Wildman–Crippen MR) is 109 cm³/mol. The van der Waals surface area contributed by atoms with Gasteiger partial charge < -0.3 is 9.80 Å². The van der Waals surface area contributed by atoms with Crippen molar-refractivity contribution in [2.45, 2.75) is 6.54 Å². The number of fused-ring (bicyclic) bond motifs is 1. The maximum absolute atomic E-state index is 13.2. The highest BCUT2D eigenvalue weighted by atomic mass is 35.5. The number of nitrogens with zero attached hydrogens (tertiary/aromatic N) is 3. The van der Waals surface area contributed by atoms with Crippen molar-refractivity contribution in [1.82, 2.24) is 14.5 Å². The summed E-state index contributed by atoms with van der Waals surface area (Å²) in [4.78, 5) is 33.9. The van der Waals surface area contributed by atoms with E-state index in [2.05, 4.69) is 12.0 Å². The summed E-state index contributed by atoms with van der Waals surface area (Å²) < 4.78 is 1.58. The minimum Gasteiger partial charge on any atom is -0.334 e. The van der Waals surface area contributed by atoms with Crippen LogP contribution in [0.2, 0.25) is 5.02 Å². The van der Waals surface area contributed by atoms with E-state index >= 15 is 0 Å². The van der Waals surface area contributed by atoms with Crippen LogP contribution in [0.5, 0.6) is 0 Å². The summed E-state index contributed by atoms with van der Waals surface area (Å²) in [6, 6.07) is 12.7. The summed E-state index contributed by atoms with van der Waals surface area (Å²) in [5, 5.41) is 1.42. The lowest BCUT2D eigenvalue weighted by molar-refractivity contribution is -0.883. The molecule has 4 rings (SSSR count). The minimum absolute atomic E-state index is 0.201. The number of benzene rings is 1. The number of hydrogen-bond acceptors (Lipinski definition) is 3. The number of carbonyl (C=O) groups is 1. The van der Waals surface area contributed by atoms with Gasteiger partial charge in [-0.25, -0.2) is 4.98 Å². The first-order valence-corrected chi connectivity index (χ1v) is 9.74. The standard InChI is InChI=1S/C21H21ClN4O2/c1-24-9-11-25(12-10-24)20(27)18-13-16-3-2-8-23-19(16)26(21(18)28)14-15-4-6-17(22)7-5-15/h2-8,13H,9-12,14H2,1H3/p+1. The summed E-state index contributed by atoms with van der Waals surface area (Å²) in [6.07, 6.45) is 1.66. The van der Waals surface area contributed by atoms with Crippen molar-refractivity contribution in [2.75, 3.05) is 33.2 Å². The van der Waals surface area contributed by atoms with Gasteiger partial charge in [0.25, 0.3) is 11.5 Å². The number of hydrogen-bond donors (Lipinski definition) is 1. The molecule has 0 saturated carbocycles. The van der Waals surface area contributed by atoms with Crippen molar-refractivity contribution in [2.24, 2.45) is 0 Å². The van der Waals surface area contributed by atoms with Gasteiger partial charge in [-0.1, -0.05) is 23.7 Å². The van der Waals surface area contributed by atoms with Gasteiger partial charge in [0.2, 0.25) is 0 Å². The zero-order valence-corrected chi connectivity index (χ0v) is 16.4. The molecule has 6 nitrogen and oxygen atoms in total. The number of carbonyl (C=O) groups excluding carboxylic acids is 1. The molecule has 0 atom stereocenters. The fraction of sp³-hybridized carbons (Fsp3) is 0.286. The molecule has 0 radical (unpaired) electrons. The average molecular weight is 398 g/mol. The molecule has 7 heteroatoms. The van der Waals surface area contributed by atoms with Gasteiger partial charge in [-0.05, 0) is 35.9 Å². The monoisotopic (exact) mass is 397 g/mol. The molecular weight excluding hydrogens is 376 g/mol. The highest BCUT2D eigenvalue weighted by Crippen LogP contribution is 2.15. The molecule has 1 fully saturated rings. The third-order valence-corrected chi connectivity index (χ3v) is 5.49. The van der Waals surface area contributed by atoms with Gasteiger partial charge in [0.05, 0.1) is 39.8 Å². The Morgan fingerprint density at radius 3 is 2.61 bits per heavy atom. The molecule has 0 bridgehead atoms. The number of rotatable bonds is 3. The van der Waals surface area contributed by atoms with E-state index < -0.39 is 0 Å². The van der Waals surface area contributed by atoms with Gasteiger partial charge >= 0.3 is 0 Å². The highest BCUT2D eigenvalue weighted by Gasteiger charge is 2.25. The van der Waals surface area contributed by atoms with E-state index in [-0.39, 0.29) is 17.0 Å². The van der Waals surface area contributed by atoms with E-state index in [0.29, 0.717) is 30.3 Å². The molecule has 28 heavy (non-hydrogen) atoms. The van der Waals surface area contributed by atoms with Crippen LogP contribution >= 0.6 is 11.6 Å². The maximum atomic E-state index is 13.2. The van der Waals surface area contributed by atoms with Crippen molar-refractivity contribution >= 4 is 28.5 Å².